The van der Waals surface area contributed by atoms with E-state index in [0.717, 1.165) is 34.7 Å². The van der Waals surface area contributed by atoms with Crippen LogP contribution in [0, 0.1) is 19.7 Å². The quantitative estimate of drug-likeness (QED) is 0.502. The van der Waals surface area contributed by atoms with Gasteiger partial charge in [0.05, 0.1) is 17.9 Å². The molecule has 2 aromatic carbocycles. The van der Waals surface area contributed by atoms with Gasteiger partial charge in [0.25, 0.3) is 0 Å². The highest BCUT2D eigenvalue weighted by atomic mass is 19.1. The zero-order chi connectivity index (χ0) is 18.1. The van der Waals surface area contributed by atoms with Crippen LogP contribution in [-0.2, 0) is 6.54 Å². The molecule has 4 aromatic rings. The molecule has 3 nitrogen and oxygen atoms in total. The van der Waals surface area contributed by atoms with Gasteiger partial charge in [0, 0.05) is 23.7 Å². The van der Waals surface area contributed by atoms with Crippen LogP contribution in [0.25, 0.3) is 16.8 Å². The van der Waals surface area contributed by atoms with Crippen LogP contribution in [0.1, 0.15) is 17.0 Å². The lowest BCUT2D eigenvalue weighted by Gasteiger charge is -2.08. The van der Waals surface area contributed by atoms with E-state index in [1.54, 1.807) is 12.1 Å². The number of hydrogen-bond donors (Lipinski definition) is 0. The SMILES string of the molecule is Cc1nn(-c2ccc(-c3ccc(F)cc3)cc2)c(C)c1Cn1cccc1. The highest BCUT2D eigenvalue weighted by Crippen LogP contribution is 2.23. The molecule has 0 atom stereocenters. The van der Waals surface area contributed by atoms with Crippen molar-refractivity contribution in [3.8, 4) is 16.8 Å². The topological polar surface area (TPSA) is 22.8 Å². The number of aryl methyl sites for hydroxylation is 1. The minimum absolute atomic E-state index is 0.219. The van der Waals surface area contributed by atoms with Gasteiger partial charge >= 0.3 is 0 Å². The van der Waals surface area contributed by atoms with E-state index in [4.69, 9.17) is 5.10 Å². The lowest BCUT2D eigenvalue weighted by Crippen LogP contribution is -2.01. The van der Waals surface area contributed by atoms with Crippen LogP contribution >= 0.6 is 0 Å². The van der Waals surface area contributed by atoms with Gasteiger partial charge in [0.15, 0.2) is 0 Å². The average Bonchev–Trinajstić information content (AvgIpc) is 3.26. The second-order valence-corrected chi connectivity index (χ2v) is 6.47. The van der Waals surface area contributed by atoms with Crippen LogP contribution in [0.2, 0.25) is 0 Å². The fraction of sp³-hybridized carbons (Fsp3) is 0.136. The molecule has 0 saturated heterocycles. The van der Waals surface area contributed by atoms with Crippen LogP contribution < -0.4 is 0 Å². The third-order valence-electron chi connectivity index (χ3n) is 4.74. The second-order valence-electron chi connectivity index (χ2n) is 6.47. The number of halogens is 1. The third kappa shape index (κ3) is 3.06. The second kappa shape index (κ2) is 6.64. The van der Waals surface area contributed by atoms with Crippen molar-refractivity contribution in [2.24, 2.45) is 0 Å². The Labute approximate surface area is 152 Å². The normalized spacial score (nSPS) is 11.0. The molecule has 0 amide bonds. The van der Waals surface area contributed by atoms with Crippen LogP contribution in [-0.4, -0.2) is 14.3 Å². The Morgan fingerprint density at radius 3 is 2.04 bits per heavy atom. The first-order valence-electron chi connectivity index (χ1n) is 8.64. The lowest BCUT2D eigenvalue weighted by molar-refractivity contribution is 0.628. The number of benzene rings is 2. The van der Waals surface area contributed by atoms with Crippen LogP contribution in [0.15, 0.2) is 73.1 Å². The molecule has 2 aromatic heterocycles. The van der Waals surface area contributed by atoms with Gasteiger partial charge in [-0.2, -0.15) is 5.10 Å². The van der Waals surface area contributed by atoms with E-state index >= 15 is 0 Å². The summed E-state index contributed by atoms with van der Waals surface area (Å²) in [5.74, 6) is -0.219. The van der Waals surface area contributed by atoms with E-state index in [9.17, 15) is 4.39 Å². The smallest absolute Gasteiger partial charge is 0.123 e. The Morgan fingerprint density at radius 2 is 1.42 bits per heavy atom. The summed E-state index contributed by atoms with van der Waals surface area (Å²) in [6, 6.07) is 18.8. The van der Waals surface area contributed by atoms with Gasteiger partial charge in [-0.1, -0.05) is 24.3 Å². The first-order valence-corrected chi connectivity index (χ1v) is 8.64. The van der Waals surface area contributed by atoms with Gasteiger partial charge in [0.1, 0.15) is 5.82 Å². The summed E-state index contributed by atoms with van der Waals surface area (Å²) in [6.07, 6.45) is 4.13. The van der Waals surface area contributed by atoms with Gasteiger partial charge in [-0.05, 0) is 61.4 Å². The van der Waals surface area contributed by atoms with E-state index in [1.807, 2.05) is 28.9 Å². The number of nitrogens with zero attached hydrogens (tertiary/aromatic N) is 3. The summed E-state index contributed by atoms with van der Waals surface area (Å²) in [4.78, 5) is 0. The summed E-state index contributed by atoms with van der Waals surface area (Å²) in [5, 5.41) is 4.73. The highest BCUT2D eigenvalue weighted by Gasteiger charge is 2.13. The molecule has 0 bridgehead atoms. The maximum absolute atomic E-state index is 13.1. The number of hydrogen-bond acceptors (Lipinski definition) is 1. The Balaban J connectivity index is 1.64. The van der Waals surface area contributed by atoms with Gasteiger partial charge in [-0.3, -0.25) is 0 Å². The molecule has 0 aliphatic heterocycles. The average molecular weight is 345 g/mol. The molecular formula is C22H20FN3. The fourth-order valence-electron chi connectivity index (χ4n) is 3.25. The van der Waals surface area contributed by atoms with E-state index in [0.29, 0.717) is 0 Å². The van der Waals surface area contributed by atoms with Gasteiger partial charge in [-0.25, -0.2) is 9.07 Å². The third-order valence-corrected chi connectivity index (χ3v) is 4.74. The summed E-state index contributed by atoms with van der Waals surface area (Å²) < 4.78 is 17.2. The van der Waals surface area contributed by atoms with Gasteiger partial charge in [-0.15, -0.1) is 0 Å². The molecule has 130 valence electrons. The van der Waals surface area contributed by atoms with Crippen LogP contribution in [0.3, 0.4) is 0 Å². The van der Waals surface area contributed by atoms with E-state index in [2.05, 4.69) is 42.9 Å². The van der Waals surface area contributed by atoms with Gasteiger partial charge < -0.3 is 4.57 Å². The molecule has 4 rings (SSSR count). The summed E-state index contributed by atoms with van der Waals surface area (Å²) in [6.45, 7) is 4.97. The Kier molecular flexibility index (Phi) is 4.17. The fourth-order valence-corrected chi connectivity index (χ4v) is 3.25. The molecule has 2 heterocycles. The standard InChI is InChI=1S/C22H20FN3/c1-16-22(15-25-13-3-4-14-25)17(2)26(24-16)21-11-7-19(8-12-21)18-5-9-20(23)10-6-18/h3-14H,15H2,1-2H3. The molecule has 0 unspecified atom stereocenters. The first kappa shape index (κ1) is 16.3. The Morgan fingerprint density at radius 1 is 0.846 bits per heavy atom. The van der Waals surface area contributed by atoms with Crippen molar-refractivity contribution in [2.45, 2.75) is 20.4 Å². The molecule has 0 spiro atoms. The molecule has 0 aliphatic carbocycles. The van der Waals surface area contributed by atoms with Crippen molar-refractivity contribution >= 4 is 0 Å². The minimum Gasteiger partial charge on any atom is -0.350 e. The Hall–Kier alpha value is -3.14. The largest absolute Gasteiger partial charge is 0.350 e. The monoisotopic (exact) mass is 345 g/mol. The van der Waals surface area contributed by atoms with Crippen LogP contribution in [0.5, 0.6) is 0 Å². The zero-order valence-electron chi connectivity index (χ0n) is 14.9. The number of aromatic nitrogens is 3. The van der Waals surface area contributed by atoms with E-state index in [-0.39, 0.29) is 5.82 Å². The molecule has 0 radical (unpaired) electrons. The molecule has 0 N–H and O–H groups in total. The molecule has 26 heavy (non-hydrogen) atoms. The molecule has 0 saturated carbocycles. The first-order chi connectivity index (χ1) is 12.6. The van der Waals surface area contributed by atoms with Crippen molar-refractivity contribution in [1.29, 1.82) is 0 Å². The van der Waals surface area contributed by atoms with Gasteiger partial charge in [0.2, 0.25) is 0 Å². The molecular weight excluding hydrogens is 325 g/mol. The van der Waals surface area contributed by atoms with Crippen molar-refractivity contribution in [2.75, 3.05) is 0 Å². The maximum atomic E-state index is 13.1. The predicted molar refractivity (Wildman–Crippen MR) is 102 cm³/mol. The van der Waals surface area contributed by atoms with Crippen molar-refractivity contribution < 1.29 is 4.39 Å². The van der Waals surface area contributed by atoms with E-state index in [1.165, 1.54) is 17.7 Å². The van der Waals surface area contributed by atoms with E-state index < -0.39 is 0 Å². The summed E-state index contributed by atoms with van der Waals surface area (Å²) in [5.41, 5.74) is 6.51. The number of rotatable bonds is 4. The molecule has 4 heteroatoms. The minimum atomic E-state index is -0.219. The van der Waals surface area contributed by atoms with Crippen molar-refractivity contribution in [1.82, 2.24) is 14.3 Å². The van der Waals surface area contributed by atoms with Crippen molar-refractivity contribution in [3.05, 3.63) is 95.8 Å². The Bertz CT molecular complexity index is 1010. The predicted octanol–water partition coefficient (Wildman–Crippen LogP) is 5.15. The maximum Gasteiger partial charge on any atom is 0.123 e. The highest BCUT2D eigenvalue weighted by molar-refractivity contribution is 5.64. The summed E-state index contributed by atoms with van der Waals surface area (Å²) >= 11 is 0. The summed E-state index contributed by atoms with van der Waals surface area (Å²) in [7, 11) is 0. The zero-order valence-corrected chi connectivity index (χ0v) is 14.9. The van der Waals surface area contributed by atoms with Crippen LogP contribution in [0.4, 0.5) is 4.39 Å². The lowest BCUT2D eigenvalue weighted by atomic mass is 10.1. The molecule has 0 aliphatic rings. The molecule has 0 fully saturated rings. The van der Waals surface area contributed by atoms with Crippen molar-refractivity contribution in [3.63, 3.8) is 0 Å².